The molecule has 0 aliphatic heterocycles. The molecule has 122 valence electrons. The molecule has 0 saturated carbocycles. The summed E-state index contributed by atoms with van der Waals surface area (Å²) in [7, 11) is 0. The number of hydrogen-bond donors (Lipinski definition) is 0. The van der Waals surface area contributed by atoms with E-state index in [-0.39, 0.29) is 0 Å². The van der Waals surface area contributed by atoms with Gasteiger partial charge in [0.2, 0.25) is 0 Å². The third-order valence-electron chi connectivity index (χ3n) is 3.81. The molecule has 0 aromatic rings. The first-order valence-electron chi connectivity index (χ1n) is 8.63. The molecule has 0 aromatic carbocycles. The van der Waals surface area contributed by atoms with Gasteiger partial charge in [-0.3, -0.25) is 0 Å². The van der Waals surface area contributed by atoms with Crippen molar-refractivity contribution >= 4 is 34.8 Å². The van der Waals surface area contributed by atoms with E-state index in [2.05, 4.69) is 6.92 Å². The molecule has 0 atom stereocenters. The number of unbranched alkanes of at least 4 members (excludes halogenated alkanes) is 13. The van der Waals surface area contributed by atoms with Gasteiger partial charge < -0.3 is 0 Å². The van der Waals surface area contributed by atoms with Crippen LogP contribution in [-0.2, 0) is 0 Å². The van der Waals surface area contributed by atoms with Crippen LogP contribution in [-0.4, -0.2) is 3.79 Å². The van der Waals surface area contributed by atoms with Crippen LogP contribution in [0, 0.1) is 0 Å². The Balaban J connectivity index is 2.99. The molecule has 0 saturated heterocycles. The third kappa shape index (κ3) is 18.9. The molecule has 20 heavy (non-hydrogen) atoms. The summed E-state index contributed by atoms with van der Waals surface area (Å²) in [4.78, 5) is 0. The average molecular weight is 344 g/mol. The standard InChI is InChI=1S/C17H33Cl3/c1-2-3-4-5-6-7-8-9-10-11-12-13-14-15-16-17(18,19)20/h2-16H2,1H3. The Morgan fingerprint density at radius 1 is 0.500 bits per heavy atom. The minimum atomic E-state index is -1.04. The van der Waals surface area contributed by atoms with Crippen LogP contribution < -0.4 is 0 Å². The van der Waals surface area contributed by atoms with E-state index in [4.69, 9.17) is 34.8 Å². The summed E-state index contributed by atoms with van der Waals surface area (Å²) in [5, 5.41) is 0. The SMILES string of the molecule is CCCCCCCCCCCCCCCCC(Cl)(Cl)Cl. The second kappa shape index (κ2) is 14.8. The summed E-state index contributed by atoms with van der Waals surface area (Å²) in [6, 6.07) is 0. The van der Waals surface area contributed by atoms with Gasteiger partial charge in [0.15, 0.2) is 3.79 Å². The summed E-state index contributed by atoms with van der Waals surface area (Å²) in [6.45, 7) is 2.28. The van der Waals surface area contributed by atoms with Crippen molar-refractivity contribution < 1.29 is 0 Å². The third-order valence-corrected chi connectivity index (χ3v) is 4.38. The highest BCUT2D eigenvalue weighted by Crippen LogP contribution is 2.32. The molecule has 0 amide bonds. The van der Waals surface area contributed by atoms with E-state index in [0.29, 0.717) is 6.42 Å². The summed E-state index contributed by atoms with van der Waals surface area (Å²) in [6.07, 6.45) is 19.7. The maximum Gasteiger partial charge on any atom is 0.190 e. The summed E-state index contributed by atoms with van der Waals surface area (Å²) in [5.41, 5.74) is 0. The van der Waals surface area contributed by atoms with Crippen LogP contribution in [0.4, 0.5) is 0 Å². The summed E-state index contributed by atoms with van der Waals surface area (Å²) < 4.78 is -1.04. The van der Waals surface area contributed by atoms with Crippen molar-refractivity contribution in [1.82, 2.24) is 0 Å². The molecular weight excluding hydrogens is 311 g/mol. The molecule has 0 radical (unpaired) electrons. The highest BCUT2D eigenvalue weighted by atomic mass is 35.6. The number of halogens is 3. The van der Waals surface area contributed by atoms with Gasteiger partial charge in [-0.2, -0.15) is 0 Å². The fourth-order valence-corrected chi connectivity index (χ4v) is 2.92. The first kappa shape index (κ1) is 20.9. The molecule has 0 aliphatic carbocycles. The van der Waals surface area contributed by atoms with E-state index in [1.54, 1.807) is 0 Å². The van der Waals surface area contributed by atoms with Crippen molar-refractivity contribution in [3.05, 3.63) is 0 Å². The van der Waals surface area contributed by atoms with Gasteiger partial charge in [0.05, 0.1) is 0 Å². The Hall–Kier alpha value is 0.870. The first-order chi connectivity index (χ1) is 9.56. The Morgan fingerprint density at radius 3 is 1.10 bits per heavy atom. The van der Waals surface area contributed by atoms with Gasteiger partial charge in [-0.25, -0.2) is 0 Å². The molecule has 0 aromatic heterocycles. The zero-order chi connectivity index (χ0) is 15.1. The molecular formula is C17H33Cl3. The van der Waals surface area contributed by atoms with Crippen LogP contribution in [0.2, 0.25) is 0 Å². The molecule has 0 unspecified atom stereocenters. The van der Waals surface area contributed by atoms with Crippen molar-refractivity contribution in [1.29, 1.82) is 0 Å². The van der Waals surface area contributed by atoms with E-state index in [1.165, 1.54) is 83.5 Å². The Bertz CT molecular complexity index is 187. The van der Waals surface area contributed by atoms with Crippen LogP contribution in [0.3, 0.4) is 0 Å². The fourth-order valence-electron chi connectivity index (χ4n) is 2.52. The van der Waals surface area contributed by atoms with Gasteiger partial charge in [0, 0.05) is 0 Å². The van der Waals surface area contributed by atoms with Crippen molar-refractivity contribution in [3.8, 4) is 0 Å². The van der Waals surface area contributed by atoms with Gasteiger partial charge in [-0.15, -0.1) is 0 Å². The van der Waals surface area contributed by atoms with E-state index < -0.39 is 3.79 Å². The van der Waals surface area contributed by atoms with Gasteiger partial charge in [0.1, 0.15) is 0 Å². The van der Waals surface area contributed by atoms with Crippen LogP contribution in [0.25, 0.3) is 0 Å². The smallest absolute Gasteiger partial charge is 0.0837 e. The molecule has 0 bridgehead atoms. The van der Waals surface area contributed by atoms with E-state index >= 15 is 0 Å². The second-order valence-corrected chi connectivity index (χ2v) is 8.48. The second-order valence-electron chi connectivity index (χ2n) is 5.96. The lowest BCUT2D eigenvalue weighted by atomic mass is 10.0. The number of alkyl halides is 3. The monoisotopic (exact) mass is 342 g/mol. The fraction of sp³-hybridized carbons (Fsp3) is 1.00. The minimum absolute atomic E-state index is 0.690. The molecule has 0 spiro atoms. The van der Waals surface area contributed by atoms with Crippen LogP contribution in [0.5, 0.6) is 0 Å². The van der Waals surface area contributed by atoms with Crippen LogP contribution in [0.1, 0.15) is 103 Å². The van der Waals surface area contributed by atoms with E-state index in [0.717, 1.165) is 6.42 Å². The van der Waals surface area contributed by atoms with E-state index in [9.17, 15) is 0 Å². The van der Waals surface area contributed by atoms with Crippen molar-refractivity contribution in [2.45, 2.75) is 107 Å². The lowest BCUT2D eigenvalue weighted by Gasteiger charge is -2.09. The molecule has 0 nitrogen and oxygen atoms in total. The quantitative estimate of drug-likeness (QED) is 0.220. The molecule has 0 N–H and O–H groups in total. The van der Waals surface area contributed by atoms with Gasteiger partial charge in [-0.05, 0) is 12.8 Å². The molecule has 0 heterocycles. The lowest BCUT2D eigenvalue weighted by molar-refractivity contribution is 0.533. The predicted octanol–water partition coefficient (Wildman–Crippen LogP) is 8.23. The summed E-state index contributed by atoms with van der Waals surface area (Å²) >= 11 is 17.1. The van der Waals surface area contributed by atoms with Gasteiger partial charge in [-0.1, -0.05) is 125 Å². The Kier molecular flexibility index (Phi) is 15.4. The topological polar surface area (TPSA) is 0 Å². The maximum atomic E-state index is 5.71. The van der Waals surface area contributed by atoms with Gasteiger partial charge in [0.25, 0.3) is 0 Å². The first-order valence-corrected chi connectivity index (χ1v) is 9.76. The molecule has 0 aliphatic rings. The predicted molar refractivity (Wildman–Crippen MR) is 95.2 cm³/mol. The number of hydrogen-bond acceptors (Lipinski definition) is 0. The lowest BCUT2D eigenvalue weighted by Crippen LogP contribution is -2.00. The normalized spacial score (nSPS) is 12.0. The number of rotatable bonds is 14. The largest absolute Gasteiger partial charge is 0.190 e. The van der Waals surface area contributed by atoms with Crippen molar-refractivity contribution in [2.75, 3.05) is 0 Å². The van der Waals surface area contributed by atoms with Crippen LogP contribution >= 0.6 is 34.8 Å². The minimum Gasteiger partial charge on any atom is -0.0837 e. The maximum absolute atomic E-state index is 5.71. The van der Waals surface area contributed by atoms with Crippen LogP contribution in [0.15, 0.2) is 0 Å². The average Bonchev–Trinajstić information content (AvgIpc) is 2.38. The highest BCUT2D eigenvalue weighted by Gasteiger charge is 2.17. The molecule has 3 heteroatoms. The van der Waals surface area contributed by atoms with E-state index in [1.807, 2.05) is 0 Å². The Labute approximate surface area is 141 Å². The highest BCUT2D eigenvalue weighted by molar-refractivity contribution is 6.67. The molecule has 0 fully saturated rings. The van der Waals surface area contributed by atoms with Crippen molar-refractivity contribution in [2.24, 2.45) is 0 Å². The molecule has 0 rings (SSSR count). The Morgan fingerprint density at radius 2 is 0.800 bits per heavy atom. The summed E-state index contributed by atoms with van der Waals surface area (Å²) in [5.74, 6) is 0. The van der Waals surface area contributed by atoms with Gasteiger partial charge >= 0.3 is 0 Å². The zero-order valence-electron chi connectivity index (χ0n) is 13.2. The zero-order valence-corrected chi connectivity index (χ0v) is 15.5. The van der Waals surface area contributed by atoms with Crippen molar-refractivity contribution in [3.63, 3.8) is 0 Å².